The first-order valence-electron chi connectivity index (χ1n) is 4.73. The van der Waals surface area contributed by atoms with E-state index in [1.54, 1.807) is 13.0 Å². The molecule has 1 atom stereocenters. The summed E-state index contributed by atoms with van der Waals surface area (Å²) in [5, 5.41) is 0. The van der Waals surface area contributed by atoms with Crippen molar-refractivity contribution in [3.63, 3.8) is 0 Å². The minimum Gasteiger partial charge on any atom is -0.494 e. The molecule has 16 heavy (non-hydrogen) atoms. The van der Waals surface area contributed by atoms with Gasteiger partial charge in [-0.3, -0.25) is 4.21 Å². The van der Waals surface area contributed by atoms with Crippen LogP contribution in [-0.4, -0.2) is 23.0 Å². The monoisotopic (exact) mass is 249 g/mol. The van der Waals surface area contributed by atoms with Gasteiger partial charge in [0.05, 0.1) is 28.1 Å². The van der Waals surface area contributed by atoms with Crippen LogP contribution < -0.4 is 10.5 Å². The van der Waals surface area contributed by atoms with Crippen LogP contribution in [-0.2, 0) is 10.8 Å². The van der Waals surface area contributed by atoms with Gasteiger partial charge in [-0.2, -0.15) is 0 Å². The lowest BCUT2D eigenvalue weighted by molar-refractivity contribution is 0.175. The fourth-order valence-corrected chi connectivity index (χ4v) is 2.16. The summed E-state index contributed by atoms with van der Waals surface area (Å²) in [4.78, 5) is 0.200. The Kier molecular flexibility index (Phi) is 4.67. The Morgan fingerprint density at radius 1 is 1.50 bits per heavy atom. The second-order valence-corrected chi connectivity index (χ2v) is 4.50. The summed E-state index contributed by atoms with van der Waals surface area (Å²) >= 11 is 0. The Morgan fingerprint density at radius 2 is 2.19 bits per heavy atom. The molecule has 3 nitrogen and oxygen atoms in total. The predicted molar refractivity (Wildman–Crippen MR) is 59.3 cm³/mol. The van der Waals surface area contributed by atoms with E-state index < -0.39 is 23.0 Å². The van der Waals surface area contributed by atoms with Gasteiger partial charge < -0.3 is 10.5 Å². The predicted octanol–water partition coefficient (Wildman–Crippen LogP) is 2.04. The average molecular weight is 249 g/mol. The number of rotatable bonds is 5. The normalized spacial score (nSPS) is 12.8. The van der Waals surface area contributed by atoms with Crippen molar-refractivity contribution in [2.75, 3.05) is 18.1 Å². The van der Waals surface area contributed by atoms with Gasteiger partial charge in [-0.25, -0.2) is 8.78 Å². The first-order valence-corrected chi connectivity index (χ1v) is 6.05. The van der Waals surface area contributed by atoms with Gasteiger partial charge in [-0.05, 0) is 25.1 Å². The molecule has 1 aromatic carbocycles. The highest BCUT2D eigenvalue weighted by Crippen LogP contribution is 2.23. The SMILES string of the molecule is CCOc1ccc(N)c(S(=O)CC(F)F)c1. The standard InChI is InChI=1S/C10H13F2NO2S/c1-2-15-7-3-4-8(13)9(5-7)16(14)6-10(11)12/h3-5,10H,2,6,13H2,1H3. The Bertz CT molecular complexity index is 385. The van der Waals surface area contributed by atoms with Crippen molar-refractivity contribution in [1.82, 2.24) is 0 Å². The molecule has 1 rings (SSSR count). The lowest BCUT2D eigenvalue weighted by atomic mass is 10.3. The third kappa shape index (κ3) is 3.44. The fourth-order valence-electron chi connectivity index (χ4n) is 1.17. The number of benzene rings is 1. The molecule has 90 valence electrons. The van der Waals surface area contributed by atoms with Crippen LogP contribution in [0.4, 0.5) is 14.5 Å². The molecule has 0 saturated carbocycles. The third-order valence-corrected chi connectivity index (χ3v) is 3.22. The quantitative estimate of drug-likeness (QED) is 0.812. The smallest absolute Gasteiger partial charge is 0.250 e. The van der Waals surface area contributed by atoms with Gasteiger partial charge >= 0.3 is 0 Å². The van der Waals surface area contributed by atoms with Crippen molar-refractivity contribution < 1.29 is 17.7 Å². The molecular weight excluding hydrogens is 236 g/mol. The number of hydrogen-bond acceptors (Lipinski definition) is 3. The van der Waals surface area contributed by atoms with E-state index in [9.17, 15) is 13.0 Å². The zero-order valence-corrected chi connectivity index (χ0v) is 9.60. The second-order valence-electron chi connectivity index (χ2n) is 3.04. The Balaban J connectivity index is 2.93. The lowest BCUT2D eigenvalue weighted by Gasteiger charge is -2.08. The Labute approximate surface area is 95.0 Å². The molecule has 0 amide bonds. The number of nitrogens with two attached hydrogens (primary N) is 1. The molecular formula is C10H13F2NO2S. The van der Waals surface area contributed by atoms with Gasteiger partial charge in [0.2, 0.25) is 6.43 Å². The topological polar surface area (TPSA) is 52.3 Å². The van der Waals surface area contributed by atoms with Crippen LogP contribution in [0.3, 0.4) is 0 Å². The van der Waals surface area contributed by atoms with Crippen molar-refractivity contribution >= 4 is 16.5 Å². The number of halogens is 2. The lowest BCUT2D eigenvalue weighted by Crippen LogP contribution is -2.09. The van der Waals surface area contributed by atoms with Crippen LogP contribution in [0, 0.1) is 0 Å². The van der Waals surface area contributed by atoms with Crippen molar-refractivity contribution in [3.8, 4) is 5.75 Å². The van der Waals surface area contributed by atoms with Crippen molar-refractivity contribution in [3.05, 3.63) is 18.2 Å². The first kappa shape index (κ1) is 12.9. The van der Waals surface area contributed by atoms with E-state index in [1.165, 1.54) is 12.1 Å². The fraction of sp³-hybridized carbons (Fsp3) is 0.400. The van der Waals surface area contributed by atoms with Crippen LogP contribution in [0.25, 0.3) is 0 Å². The van der Waals surface area contributed by atoms with Crippen LogP contribution in [0.5, 0.6) is 5.75 Å². The number of alkyl halides is 2. The average Bonchev–Trinajstić information content (AvgIpc) is 2.20. The molecule has 0 aliphatic heterocycles. The Hall–Kier alpha value is -1.17. The van der Waals surface area contributed by atoms with Crippen LogP contribution in [0.2, 0.25) is 0 Å². The van der Waals surface area contributed by atoms with Crippen molar-refractivity contribution in [2.24, 2.45) is 0 Å². The maximum Gasteiger partial charge on any atom is 0.250 e. The molecule has 0 radical (unpaired) electrons. The van der Waals surface area contributed by atoms with E-state index in [4.69, 9.17) is 10.5 Å². The van der Waals surface area contributed by atoms with E-state index in [1.807, 2.05) is 0 Å². The van der Waals surface area contributed by atoms with Gasteiger partial charge in [0.15, 0.2) is 0 Å². The van der Waals surface area contributed by atoms with Crippen LogP contribution in [0.1, 0.15) is 6.92 Å². The van der Waals surface area contributed by atoms with Gasteiger partial charge in [0.1, 0.15) is 5.75 Å². The molecule has 0 saturated heterocycles. The van der Waals surface area contributed by atoms with E-state index in [2.05, 4.69) is 0 Å². The zero-order valence-electron chi connectivity index (χ0n) is 8.78. The third-order valence-electron chi connectivity index (χ3n) is 1.82. The minimum atomic E-state index is -2.61. The largest absolute Gasteiger partial charge is 0.494 e. The molecule has 0 heterocycles. The maximum absolute atomic E-state index is 12.1. The van der Waals surface area contributed by atoms with Crippen LogP contribution in [0.15, 0.2) is 23.1 Å². The molecule has 2 N–H and O–H groups in total. The number of ether oxygens (including phenoxy) is 1. The molecule has 0 fully saturated rings. The summed E-state index contributed by atoms with van der Waals surface area (Å²) < 4.78 is 40.9. The summed E-state index contributed by atoms with van der Waals surface area (Å²) in [6.07, 6.45) is -2.61. The summed E-state index contributed by atoms with van der Waals surface area (Å²) in [5.41, 5.74) is 5.81. The molecule has 0 aliphatic rings. The second kappa shape index (κ2) is 5.79. The van der Waals surface area contributed by atoms with E-state index in [0.29, 0.717) is 12.4 Å². The summed E-state index contributed by atoms with van der Waals surface area (Å²) in [7, 11) is -1.79. The molecule has 0 bridgehead atoms. The van der Waals surface area contributed by atoms with Gasteiger partial charge in [-0.1, -0.05) is 0 Å². The number of hydrogen-bond donors (Lipinski definition) is 1. The first-order chi connectivity index (χ1) is 7.54. The van der Waals surface area contributed by atoms with Gasteiger partial charge in [-0.15, -0.1) is 0 Å². The maximum atomic E-state index is 12.1. The highest BCUT2D eigenvalue weighted by atomic mass is 32.2. The zero-order chi connectivity index (χ0) is 12.1. The molecule has 0 aromatic heterocycles. The molecule has 6 heteroatoms. The van der Waals surface area contributed by atoms with E-state index in [0.717, 1.165) is 0 Å². The van der Waals surface area contributed by atoms with E-state index in [-0.39, 0.29) is 10.6 Å². The summed E-state index contributed by atoms with van der Waals surface area (Å²) in [6.45, 7) is 2.25. The van der Waals surface area contributed by atoms with Crippen LogP contribution >= 0.6 is 0 Å². The summed E-state index contributed by atoms with van der Waals surface area (Å²) in [5.74, 6) is -0.228. The molecule has 1 unspecified atom stereocenters. The molecule has 0 spiro atoms. The van der Waals surface area contributed by atoms with Gasteiger partial charge in [0.25, 0.3) is 0 Å². The van der Waals surface area contributed by atoms with Crippen molar-refractivity contribution in [2.45, 2.75) is 18.2 Å². The Morgan fingerprint density at radius 3 is 2.75 bits per heavy atom. The highest BCUT2D eigenvalue weighted by Gasteiger charge is 2.14. The highest BCUT2D eigenvalue weighted by molar-refractivity contribution is 7.85. The summed E-state index contributed by atoms with van der Waals surface area (Å²) in [6, 6.07) is 4.56. The molecule has 1 aromatic rings. The number of nitrogen functional groups attached to an aromatic ring is 1. The van der Waals surface area contributed by atoms with Gasteiger partial charge in [0, 0.05) is 5.69 Å². The van der Waals surface area contributed by atoms with Crippen molar-refractivity contribution in [1.29, 1.82) is 0 Å². The number of anilines is 1. The molecule has 0 aliphatic carbocycles. The van der Waals surface area contributed by atoms with E-state index >= 15 is 0 Å². The minimum absolute atomic E-state index is 0.200.